The van der Waals surface area contributed by atoms with E-state index >= 15 is 0 Å². The standard InChI is InChI=1S/C23H24ClN3O5/c1-30-19-8-14-6-7-26(18(11-23(29)32-3)17(14)10-20(19)31-2)13-16-9-22(28)27-12-15(24)4-5-21(27)25-16/h4-5,8-10,12,18H,6-7,11,13H2,1-3H3. The second-order valence-corrected chi connectivity index (χ2v) is 8.02. The van der Waals surface area contributed by atoms with Crippen molar-refractivity contribution in [3.05, 3.63) is 68.7 Å². The molecule has 0 saturated carbocycles. The minimum atomic E-state index is -0.316. The van der Waals surface area contributed by atoms with Crippen molar-refractivity contribution in [2.24, 2.45) is 0 Å². The Kier molecular flexibility index (Phi) is 6.34. The highest BCUT2D eigenvalue weighted by Gasteiger charge is 2.31. The number of carbonyl (C=O) groups excluding carboxylic acids is 1. The minimum Gasteiger partial charge on any atom is -0.493 e. The van der Waals surface area contributed by atoms with Gasteiger partial charge in [-0.1, -0.05) is 11.6 Å². The molecule has 3 aromatic rings. The van der Waals surface area contributed by atoms with Crippen molar-refractivity contribution in [2.45, 2.75) is 25.4 Å². The summed E-state index contributed by atoms with van der Waals surface area (Å²) in [4.78, 5) is 31.6. The maximum atomic E-state index is 12.6. The van der Waals surface area contributed by atoms with Gasteiger partial charge in [0.15, 0.2) is 11.5 Å². The van der Waals surface area contributed by atoms with Gasteiger partial charge in [0.2, 0.25) is 0 Å². The molecule has 1 aliphatic rings. The SMILES string of the molecule is COC(=O)CC1c2cc(OC)c(OC)cc2CCN1Cc1cc(=O)n2cc(Cl)ccc2n1. The number of aromatic nitrogens is 2. The quantitative estimate of drug-likeness (QED) is 0.526. The van der Waals surface area contributed by atoms with Crippen LogP contribution < -0.4 is 15.0 Å². The normalized spacial score (nSPS) is 15.9. The molecule has 0 bridgehead atoms. The molecular formula is C23H24ClN3O5. The maximum Gasteiger partial charge on any atom is 0.307 e. The lowest BCUT2D eigenvalue weighted by Gasteiger charge is -2.37. The zero-order chi connectivity index (χ0) is 22.8. The van der Waals surface area contributed by atoms with Gasteiger partial charge in [0.25, 0.3) is 5.56 Å². The van der Waals surface area contributed by atoms with Gasteiger partial charge in [-0.3, -0.25) is 18.9 Å². The highest BCUT2D eigenvalue weighted by atomic mass is 35.5. The highest BCUT2D eigenvalue weighted by Crippen LogP contribution is 2.40. The Morgan fingerprint density at radius 1 is 1.16 bits per heavy atom. The van der Waals surface area contributed by atoms with Gasteiger partial charge in [-0.05, 0) is 41.8 Å². The van der Waals surface area contributed by atoms with Crippen molar-refractivity contribution in [1.29, 1.82) is 0 Å². The molecule has 1 atom stereocenters. The summed E-state index contributed by atoms with van der Waals surface area (Å²) in [6.45, 7) is 1.09. The lowest BCUT2D eigenvalue weighted by molar-refractivity contribution is -0.142. The molecule has 9 heteroatoms. The molecule has 0 radical (unpaired) electrons. The van der Waals surface area contributed by atoms with Crippen molar-refractivity contribution in [3.63, 3.8) is 0 Å². The molecule has 4 rings (SSSR count). The van der Waals surface area contributed by atoms with E-state index in [0.717, 1.165) is 17.5 Å². The fourth-order valence-electron chi connectivity index (χ4n) is 4.16. The summed E-state index contributed by atoms with van der Waals surface area (Å²) < 4.78 is 17.3. The summed E-state index contributed by atoms with van der Waals surface area (Å²) in [5.74, 6) is 0.935. The molecule has 0 aliphatic carbocycles. The summed E-state index contributed by atoms with van der Waals surface area (Å²) in [6.07, 6.45) is 2.48. The molecule has 0 fully saturated rings. The number of halogens is 1. The third-order valence-corrected chi connectivity index (χ3v) is 5.97. The first-order valence-electron chi connectivity index (χ1n) is 10.2. The van der Waals surface area contributed by atoms with Gasteiger partial charge in [0.05, 0.1) is 38.5 Å². The number of ether oxygens (including phenoxy) is 3. The third kappa shape index (κ3) is 4.28. The lowest BCUT2D eigenvalue weighted by atomic mass is 9.90. The predicted octanol–water partition coefficient (Wildman–Crippen LogP) is 3.03. The van der Waals surface area contributed by atoms with Gasteiger partial charge >= 0.3 is 5.97 Å². The number of nitrogens with zero attached hydrogens (tertiary/aromatic N) is 3. The molecule has 1 unspecified atom stereocenters. The number of hydrogen-bond acceptors (Lipinski definition) is 7. The molecule has 3 heterocycles. The summed E-state index contributed by atoms with van der Waals surface area (Å²) in [5.41, 5.74) is 3.00. The van der Waals surface area contributed by atoms with Crippen LogP contribution in [0.1, 0.15) is 29.3 Å². The number of benzene rings is 1. The van der Waals surface area contributed by atoms with Crippen molar-refractivity contribution in [2.75, 3.05) is 27.9 Å². The van der Waals surface area contributed by atoms with E-state index in [2.05, 4.69) is 9.88 Å². The van der Waals surface area contributed by atoms with E-state index in [1.807, 2.05) is 12.1 Å². The number of rotatable bonds is 6. The number of hydrogen-bond donors (Lipinski definition) is 0. The average Bonchev–Trinajstić information content (AvgIpc) is 2.80. The fourth-order valence-corrected chi connectivity index (χ4v) is 4.33. The first-order chi connectivity index (χ1) is 15.4. The Balaban J connectivity index is 1.72. The van der Waals surface area contributed by atoms with Crippen LogP contribution in [0.3, 0.4) is 0 Å². The van der Waals surface area contributed by atoms with Crippen LogP contribution in [0, 0.1) is 0 Å². The maximum absolute atomic E-state index is 12.6. The average molecular weight is 458 g/mol. The van der Waals surface area contributed by atoms with Gasteiger partial charge < -0.3 is 14.2 Å². The Hall–Kier alpha value is -3.10. The number of pyridine rings is 1. The Bertz CT molecular complexity index is 1230. The lowest BCUT2D eigenvalue weighted by Crippen LogP contribution is -2.37. The van der Waals surface area contributed by atoms with E-state index in [-0.39, 0.29) is 24.0 Å². The zero-order valence-corrected chi connectivity index (χ0v) is 18.9. The van der Waals surface area contributed by atoms with Gasteiger partial charge in [-0.15, -0.1) is 0 Å². The number of fused-ring (bicyclic) bond motifs is 2. The molecule has 0 spiro atoms. The monoisotopic (exact) mass is 457 g/mol. The van der Waals surface area contributed by atoms with Gasteiger partial charge in [-0.25, -0.2) is 4.98 Å². The molecule has 1 aliphatic heterocycles. The second kappa shape index (κ2) is 9.18. The van der Waals surface area contributed by atoms with Crippen LogP contribution >= 0.6 is 11.6 Å². The summed E-state index contributed by atoms with van der Waals surface area (Å²) in [7, 11) is 4.56. The van der Waals surface area contributed by atoms with E-state index in [1.165, 1.54) is 17.6 Å². The first-order valence-corrected chi connectivity index (χ1v) is 10.5. The van der Waals surface area contributed by atoms with Gasteiger partial charge in [-0.2, -0.15) is 0 Å². The van der Waals surface area contributed by atoms with Crippen LogP contribution in [0.5, 0.6) is 11.5 Å². The largest absolute Gasteiger partial charge is 0.493 e. The summed E-state index contributed by atoms with van der Waals surface area (Å²) >= 11 is 6.00. The Labute approximate surface area is 190 Å². The van der Waals surface area contributed by atoms with E-state index < -0.39 is 0 Å². The van der Waals surface area contributed by atoms with Crippen molar-refractivity contribution < 1.29 is 19.0 Å². The Morgan fingerprint density at radius 3 is 2.62 bits per heavy atom. The van der Waals surface area contributed by atoms with Crippen LogP contribution in [0.25, 0.3) is 5.65 Å². The number of carbonyl (C=O) groups is 1. The molecule has 8 nitrogen and oxygen atoms in total. The molecule has 1 aromatic carbocycles. The van der Waals surface area contributed by atoms with E-state index in [1.54, 1.807) is 32.5 Å². The molecular weight excluding hydrogens is 434 g/mol. The Morgan fingerprint density at radius 2 is 1.91 bits per heavy atom. The molecule has 168 valence electrons. The molecule has 32 heavy (non-hydrogen) atoms. The molecule has 0 N–H and O–H groups in total. The number of esters is 1. The fraction of sp³-hybridized carbons (Fsp3) is 0.348. The molecule has 2 aromatic heterocycles. The summed E-state index contributed by atoms with van der Waals surface area (Å²) in [5, 5.41) is 0.462. The van der Waals surface area contributed by atoms with Gasteiger partial charge in [0, 0.05) is 31.4 Å². The minimum absolute atomic E-state index is 0.168. The van der Waals surface area contributed by atoms with Crippen LogP contribution in [0.15, 0.2) is 41.3 Å². The van der Waals surface area contributed by atoms with Crippen LogP contribution in [-0.2, 0) is 22.5 Å². The topological polar surface area (TPSA) is 82.4 Å². The van der Waals surface area contributed by atoms with E-state index in [4.69, 9.17) is 25.8 Å². The highest BCUT2D eigenvalue weighted by molar-refractivity contribution is 6.30. The number of methoxy groups -OCH3 is 3. The second-order valence-electron chi connectivity index (χ2n) is 7.58. The summed E-state index contributed by atoms with van der Waals surface area (Å²) in [6, 6.07) is 8.53. The molecule has 0 amide bonds. The van der Waals surface area contributed by atoms with Crippen LogP contribution in [-0.4, -0.2) is 48.1 Å². The zero-order valence-electron chi connectivity index (χ0n) is 18.1. The van der Waals surface area contributed by atoms with Crippen LogP contribution in [0.4, 0.5) is 0 Å². The van der Waals surface area contributed by atoms with Gasteiger partial charge in [0.1, 0.15) is 5.65 Å². The first kappa shape index (κ1) is 22.1. The van der Waals surface area contributed by atoms with Crippen molar-refractivity contribution >= 4 is 23.2 Å². The van der Waals surface area contributed by atoms with Crippen molar-refractivity contribution in [3.8, 4) is 11.5 Å². The van der Waals surface area contributed by atoms with Crippen LogP contribution in [0.2, 0.25) is 5.02 Å². The smallest absolute Gasteiger partial charge is 0.307 e. The predicted molar refractivity (Wildman–Crippen MR) is 120 cm³/mol. The van der Waals surface area contributed by atoms with E-state index in [9.17, 15) is 9.59 Å². The van der Waals surface area contributed by atoms with E-state index in [0.29, 0.717) is 41.0 Å². The van der Waals surface area contributed by atoms with Crippen molar-refractivity contribution in [1.82, 2.24) is 14.3 Å². The third-order valence-electron chi connectivity index (χ3n) is 5.74. The molecule has 0 saturated heterocycles.